The molecule has 0 unspecified atom stereocenters. The zero-order valence-electron chi connectivity index (χ0n) is 14.9. The molecular formula is C22H16N4O2. The second-order valence-electron chi connectivity index (χ2n) is 5.97. The maximum Gasteiger partial charge on any atom is 0.173 e. The lowest BCUT2D eigenvalue weighted by molar-refractivity contribution is 0.305. The zero-order valence-corrected chi connectivity index (χ0v) is 14.9. The molecule has 4 rings (SSSR count). The van der Waals surface area contributed by atoms with E-state index in [9.17, 15) is 0 Å². The first-order chi connectivity index (χ1) is 13.8. The first-order valence-corrected chi connectivity index (χ1v) is 8.66. The number of hydrogen-bond donors (Lipinski definition) is 1. The van der Waals surface area contributed by atoms with Gasteiger partial charge in [-0.15, -0.1) is 0 Å². The van der Waals surface area contributed by atoms with Gasteiger partial charge in [-0.1, -0.05) is 24.3 Å². The van der Waals surface area contributed by atoms with Crippen LogP contribution in [0.3, 0.4) is 0 Å². The number of aromatic nitrogens is 3. The van der Waals surface area contributed by atoms with Crippen LogP contribution in [-0.4, -0.2) is 15.2 Å². The van der Waals surface area contributed by atoms with E-state index in [0.717, 1.165) is 11.1 Å². The third-order valence-electron chi connectivity index (χ3n) is 4.12. The highest BCUT2D eigenvalue weighted by molar-refractivity contribution is 5.69. The molecule has 1 N–H and O–H groups in total. The van der Waals surface area contributed by atoms with Crippen molar-refractivity contribution < 1.29 is 9.47 Å². The highest BCUT2D eigenvalue weighted by Crippen LogP contribution is 2.33. The smallest absolute Gasteiger partial charge is 0.173 e. The second-order valence-corrected chi connectivity index (χ2v) is 5.97. The number of pyridine rings is 1. The Morgan fingerprint density at radius 2 is 1.82 bits per heavy atom. The molecule has 28 heavy (non-hydrogen) atoms. The molecule has 2 heterocycles. The number of H-pyrrole nitrogens is 1. The van der Waals surface area contributed by atoms with Gasteiger partial charge in [0.2, 0.25) is 0 Å². The molecule has 136 valence electrons. The molecule has 6 heteroatoms. The highest BCUT2D eigenvalue weighted by atomic mass is 16.5. The number of nitriles is 1. The van der Waals surface area contributed by atoms with Crippen LogP contribution in [-0.2, 0) is 6.61 Å². The molecule has 0 saturated carbocycles. The van der Waals surface area contributed by atoms with Gasteiger partial charge in [0.05, 0.1) is 24.0 Å². The molecule has 6 nitrogen and oxygen atoms in total. The molecular weight excluding hydrogens is 352 g/mol. The van der Waals surface area contributed by atoms with E-state index in [4.69, 9.17) is 14.7 Å². The van der Waals surface area contributed by atoms with E-state index in [0.29, 0.717) is 35.1 Å². The van der Waals surface area contributed by atoms with Crippen molar-refractivity contribution in [2.45, 2.75) is 6.61 Å². The summed E-state index contributed by atoms with van der Waals surface area (Å²) in [7, 11) is 0. The van der Waals surface area contributed by atoms with E-state index in [1.807, 2.05) is 36.4 Å². The van der Waals surface area contributed by atoms with Gasteiger partial charge in [-0.25, -0.2) is 0 Å². The van der Waals surface area contributed by atoms with Gasteiger partial charge in [-0.2, -0.15) is 10.4 Å². The Bertz CT molecular complexity index is 1100. The van der Waals surface area contributed by atoms with Crippen LogP contribution in [0.4, 0.5) is 0 Å². The molecule has 0 bridgehead atoms. The van der Waals surface area contributed by atoms with Crippen LogP contribution in [0.5, 0.6) is 17.2 Å². The minimum Gasteiger partial charge on any atom is -0.487 e. The van der Waals surface area contributed by atoms with E-state index in [2.05, 4.69) is 21.3 Å². The Balaban J connectivity index is 1.58. The number of rotatable bonds is 6. The van der Waals surface area contributed by atoms with Gasteiger partial charge in [0, 0.05) is 11.8 Å². The van der Waals surface area contributed by atoms with Crippen molar-refractivity contribution >= 4 is 0 Å². The highest BCUT2D eigenvalue weighted by Gasteiger charge is 2.15. The van der Waals surface area contributed by atoms with Gasteiger partial charge >= 0.3 is 0 Å². The molecule has 2 aromatic heterocycles. The molecule has 0 aliphatic carbocycles. The summed E-state index contributed by atoms with van der Waals surface area (Å²) in [5.74, 6) is 1.93. The average Bonchev–Trinajstić information content (AvgIpc) is 3.21. The van der Waals surface area contributed by atoms with Crippen molar-refractivity contribution in [2.75, 3.05) is 0 Å². The van der Waals surface area contributed by atoms with Crippen LogP contribution >= 0.6 is 0 Å². The van der Waals surface area contributed by atoms with Gasteiger partial charge in [-0.3, -0.25) is 10.1 Å². The first kappa shape index (κ1) is 17.3. The van der Waals surface area contributed by atoms with E-state index in [-0.39, 0.29) is 0 Å². The number of nitrogens with one attached hydrogen (secondary N) is 1. The lowest BCUT2D eigenvalue weighted by Crippen LogP contribution is -1.99. The first-order valence-electron chi connectivity index (χ1n) is 8.66. The summed E-state index contributed by atoms with van der Waals surface area (Å²) in [5, 5.41) is 16.1. The Hall–Kier alpha value is -4.11. The molecule has 0 amide bonds. The summed E-state index contributed by atoms with van der Waals surface area (Å²) in [6.45, 7) is 0.380. The molecule has 0 fully saturated rings. The molecule has 0 atom stereocenters. The Morgan fingerprint density at radius 3 is 2.61 bits per heavy atom. The molecule has 0 radical (unpaired) electrons. The Kier molecular flexibility index (Phi) is 4.98. The van der Waals surface area contributed by atoms with Crippen molar-refractivity contribution in [1.29, 1.82) is 5.26 Å². The van der Waals surface area contributed by atoms with Crippen molar-refractivity contribution in [3.63, 3.8) is 0 Å². The Morgan fingerprint density at radius 1 is 0.964 bits per heavy atom. The number of ether oxygens (including phenoxy) is 2. The number of benzene rings is 2. The van der Waals surface area contributed by atoms with E-state index >= 15 is 0 Å². The summed E-state index contributed by atoms with van der Waals surface area (Å²) >= 11 is 0. The van der Waals surface area contributed by atoms with Crippen molar-refractivity contribution in [2.24, 2.45) is 0 Å². The van der Waals surface area contributed by atoms with Crippen LogP contribution in [0.15, 0.2) is 79.3 Å². The predicted molar refractivity (Wildman–Crippen MR) is 104 cm³/mol. The van der Waals surface area contributed by atoms with Crippen LogP contribution in [0.2, 0.25) is 0 Å². The fourth-order valence-corrected chi connectivity index (χ4v) is 2.74. The lowest BCUT2D eigenvalue weighted by Gasteiger charge is -2.11. The van der Waals surface area contributed by atoms with Gasteiger partial charge in [0.25, 0.3) is 0 Å². The van der Waals surface area contributed by atoms with E-state index < -0.39 is 0 Å². The normalized spacial score (nSPS) is 10.2. The molecule has 0 aliphatic heterocycles. The van der Waals surface area contributed by atoms with Gasteiger partial charge in [0.15, 0.2) is 5.75 Å². The second kappa shape index (κ2) is 8.06. The topological polar surface area (TPSA) is 83.8 Å². The summed E-state index contributed by atoms with van der Waals surface area (Å²) in [6, 6.07) is 20.6. The van der Waals surface area contributed by atoms with Crippen LogP contribution in [0.1, 0.15) is 11.1 Å². The largest absolute Gasteiger partial charge is 0.487 e. The van der Waals surface area contributed by atoms with Gasteiger partial charge in [-0.05, 0) is 42.0 Å². The fraction of sp³-hybridized carbons (Fsp3) is 0.0455. The molecule has 0 saturated heterocycles. The standard InChI is InChI=1S/C22H16N4O2/c23-12-16-7-9-18(10-8-16)28-21-14-25-26-22(21)20-6-2-1-4-17(20)15-27-19-5-3-11-24-13-19/h1-11,13-14H,15H2,(H,25,26). The van der Waals surface area contributed by atoms with Crippen LogP contribution < -0.4 is 9.47 Å². The monoisotopic (exact) mass is 368 g/mol. The van der Waals surface area contributed by atoms with Crippen LogP contribution in [0, 0.1) is 11.3 Å². The summed E-state index contributed by atoms with van der Waals surface area (Å²) < 4.78 is 11.8. The Labute approximate surface area is 162 Å². The minimum absolute atomic E-state index is 0.380. The summed E-state index contributed by atoms with van der Waals surface area (Å²) in [5.41, 5.74) is 3.16. The number of nitrogens with zero attached hydrogens (tertiary/aromatic N) is 3. The maximum absolute atomic E-state index is 8.92. The zero-order chi connectivity index (χ0) is 19.2. The fourth-order valence-electron chi connectivity index (χ4n) is 2.74. The van der Waals surface area contributed by atoms with Crippen LogP contribution in [0.25, 0.3) is 11.3 Å². The predicted octanol–water partition coefficient (Wildman–Crippen LogP) is 4.71. The minimum atomic E-state index is 0.380. The molecule has 0 aliphatic rings. The van der Waals surface area contributed by atoms with Gasteiger partial charge < -0.3 is 9.47 Å². The van der Waals surface area contributed by atoms with Crippen molar-refractivity contribution in [3.05, 3.63) is 90.4 Å². The quantitative estimate of drug-likeness (QED) is 0.533. The number of hydrogen-bond acceptors (Lipinski definition) is 5. The average molecular weight is 368 g/mol. The number of aromatic amines is 1. The van der Waals surface area contributed by atoms with E-state index in [1.165, 1.54) is 0 Å². The molecule has 4 aromatic rings. The molecule has 2 aromatic carbocycles. The third-order valence-corrected chi connectivity index (χ3v) is 4.12. The summed E-state index contributed by atoms with van der Waals surface area (Å²) in [6.07, 6.45) is 5.08. The van der Waals surface area contributed by atoms with E-state index in [1.54, 1.807) is 42.9 Å². The lowest BCUT2D eigenvalue weighted by atomic mass is 10.0. The summed E-state index contributed by atoms with van der Waals surface area (Å²) in [4.78, 5) is 4.06. The van der Waals surface area contributed by atoms with Gasteiger partial charge in [0.1, 0.15) is 23.8 Å². The molecule has 0 spiro atoms. The van der Waals surface area contributed by atoms with Crippen molar-refractivity contribution in [3.8, 4) is 34.6 Å². The third kappa shape index (κ3) is 3.84. The SMILES string of the molecule is N#Cc1ccc(Oc2c[nH]nc2-c2ccccc2COc2cccnc2)cc1. The maximum atomic E-state index is 8.92. The van der Waals surface area contributed by atoms with Crippen molar-refractivity contribution in [1.82, 2.24) is 15.2 Å².